The van der Waals surface area contributed by atoms with Crippen molar-refractivity contribution in [2.24, 2.45) is 5.73 Å². The van der Waals surface area contributed by atoms with Crippen LogP contribution < -0.4 is 5.73 Å². The van der Waals surface area contributed by atoms with Gasteiger partial charge in [0.1, 0.15) is 6.61 Å². The van der Waals surface area contributed by atoms with Gasteiger partial charge in [0.2, 0.25) is 0 Å². The van der Waals surface area contributed by atoms with E-state index in [0.717, 1.165) is 22.8 Å². The molecule has 0 bridgehead atoms. The molecule has 94 valence electrons. The van der Waals surface area contributed by atoms with E-state index in [1.165, 1.54) is 0 Å². The molecule has 0 aliphatic heterocycles. The van der Waals surface area contributed by atoms with Crippen molar-refractivity contribution >= 4 is 6.09 Å². The van der Waals surface area contributed by atoms with Crippen LogP contribution in [0, 0.1) is 13.8 Å². The zero-order chi connectivity index (χ0) is 13.1. The summed E-state index contributed by atoms with van der Waals surface area (Å²) in [6.45, 7) is 4.02. The molecule has 0 atom stereocenters. The van der Waals surface area contributed by atoms with E-state index in [4.69, 9.17) is 5.73 Å². The van der Waals surface area contributed by atoms with Crippen LogP contribution in [-0.4, -0.2) is 20.9 Å². The number of amides is 1. The first-order valence-electron chi connectivity index (χ1n) is 5.47. The second-order valence-electron chi connectivity index (χ2n) is 3.97. The molecule has 2 heterocycles. The number of hydrogen-bond acceptors (Lipinski definition) is 4. The van der Waals surface area contributed by atoms with Crippen LogP contribution >= 0.6 is 0 Å². The van der Waals surface area contributed by atoms with Crippen LogP contribution in [0.15, 0.2) is 24.4 Å². The number of carbonyl (C=O) groups excluding carboxylic acids is 1. The minimum Gasteiger partial charge on any atom is -0.445 e. The van der Waals surface area contributed by atoms with Gasteiger partial charge in [-0.15, -0.1) is 0 Å². The Morgan fingerprint density at radius 3 is 2.72 bits per heavy atom. The van der Waals surface area contributed by atoms with Crippen molar-refractivity contribution in [3.05, 3.63) is 41.3 Å². The van der Waals surface area contributed by atoms with Gasteiger partial charge in [-0.2, -0.15) is 5.10 Å². The predicted octanol–water partition coefficient (Wildman–Crippen LogP) is 1.48. The number of aryl methyl sites for hydroxylation is 2. The first kappa shape index (κ1) is 12.1. The summed E-state index contributed by atoms with van der Waals surface area (Å²) in [5.74, 6) is 0.725. The SMILES string of the molecule is Cc1cc(C)n(-c2ccc(COC(N)=O)cn2)n1. The van der Waals surface area contributed by atoms with Crippen molar-refractivity contribution < 1.29 is 9.53 Å². The number of primary amides is 1. The van der Waals surface area contributed by atoms with E-state index in [-0.39, 0.29) is 6.61 Å². The van der Waals surface area contributed by atoms with Crippen LogP contribution in [-0.2, 0) is 11.3 Å². The topological polar surface area (TPSA) is 83.0 Å². The van der Waals surface area contributed by atoms with Gasteiger partial charge in [0.15, 0.2) is 5.82 Å². The third-order valence-electron chi connectivity index (χ3n) is 2.42. The molecule has 0 aliphatic rings. The molecule has 0 saturated carbocycles. The van der Waals surface area contributed by atoms with Gasteiger partial charge in [-0.1, -0.05) is 6.07 Å². The summed E-state index contributed by atoms with van der Waals surface area (Å²) >= 11 is 0. The molecule has 0 radical (unpaired) electrons. The van der Waals surface area contributed by atoms with Gasteiger partial charge in [-0.3, -0.25) is 0 Å². The van der Waals surface area contributed by atoms with Crippen LogP contribution in [0.3, 0.4) is 0 Å². The van der Waals surface area contributed by atoms with Crippen LogP contribution in [0.5, 0.6) is 0 Å². The zero-order valence-electron chi connectivity index (χ0n) is 10.3. The van der Waals surface area contributed by atoms with E-state index < -0.39 is 6.09 Å². The Kier molecular flexibility index (Phi) is 3.27. The fraction of sp³-hybridized carbons (Fsp3) is 0.250. The third kappa shape index (κ3) is 2.65. The maximum absolute atomic E-state index is 10.5. The molecule has 2 aromatic heterocycles. The highest BCUT2D eigenvalue weighted by Gasteiger charge is 2.05. The number of pyridine rings is 1. The monoisotopic (exact) mass is 246 g/mol. The molecule has 0 spiro atoms. The second kappa shape index (κ2) is 4.87. The van der Waals surface area contributed by atoms with Gasteiger partial charge in [0.05, 0.1) is 5.69 Å². The molecule has 18 heavy (non-hydrogen) atoms. The van der Waals surface area contributed by atoms with E-state index >= 15 is 0 Å². The van der Waals surface area contributed by atoms with Crippen LogP contribution in [0.1, 0.15) is 17.0 Å². The summed E-state index contributed by atoms with van der Waals surface area (Å²) in [6, 6.07) is 5.62. The lowest BCUT2D eigenvalue weighted by molar-refractivity contribution is 0.150. The van der Waals surface area contributed by atoms with Crippen molar-refractivity contribution in [2.75, 3.05) is 0 Å². The number of hydrogen-bond donors (Lipinski definition) is 1. The summed E-state index contributed by atoms with van der Waals surface area (Å²) in [4.78, 5) is 14.7. The molecule has 0 unspecified atom stereocenters. The van der Waals surface area contributed by atoms with Crippen molar-refractivity contribution in [1.82, 2.24) is 14.8 Å². The molecule has 0 aliphatic carbocycles. The lowest BCUT2D eigenvalue weighted by atomic mass is 10.3. The summed E-state index contributed by atoms with van der Waals surface area (Å²) in [6.07, 6.45) is 0.840. The number of rotatable bonds is 3. The summed E-state index contributed by atoms with van der Waals surface area (Å²) in [7, 11) is 0. The molecule has 1 amide bonds. The Morgan fingerprint density at radius 2 is 2.22 bits per heavy atom. The minimum absolute atomic E-state index is 0.125. The summed E-state index contributed by atoms with van der Waals surface area (Å²) in [5.41, 5.74) is 7.62. The Balaban J connectivity index is 2.17. The molecule has 0 saturated heterocycles. The maximum atomic E-state index is 10.5. The van der Waals surface area contributed by atoms with E-state index in [1.807, 2.05) is 32.0 Å². The second-order valence-corrected chi connectivity index (χ2v) is 3.97. The Bertz CT molecular complexity index is 560. The van der Waals surface area contributed by atoms with Crippen LogP contribution in [0.2, 0.25) is 0 Å². The smallest absolute Gasteiger partial charge is 0.404 e. The standard InChI is InChI=1S/C12H14N4O2/c1-8-5-9(2)16(15-8)11-4-3-10(6-14-11)7-18-12(13)17/h3-6H,7H2,1-2H3,(H2,13,17). The average Bonchev–Trinajstić information content (AvgIpc) is 2.66. The average molecular weight is 246 g/mol. The van der Waals surface area contributed by atoms with Gasteiger partial charge >= 0.3 is 6.09 Å². The third-order valence-corrected chi connectivity index (χ3v) is 2.42. The van der Waals surface area contributed by atoms with E-state index in [9.17, 15) is 4.79 Å². The van der Waals surface area contributed by atoms with Gasteiger partial charge < -0.3 is 10.5 Å². The molecule has 6 nitrogen and oxygen atoms in total. The highest BCUT2D eigenvalue weighted by atomic mass is 16.5. The van der Waals surface area contributed by atoms with Gasteiger partial charge in [0, 0.05) is 17.5 Å². The van der Waals surface area contributed by atoms with E-state index in [2.05, 4.69) is 14.8 Å². The first-order valence-corrected chi connectivity index (χ1v) is 5.47. The number of aromatic nitrogens is 3. The summed E-state index contributed by atoms with van der Waals surface area (Å²) in [5, 5.41) is 4.33. The van der Waals surface area contributed by atoms with E-state index in [0.29, 0.717) is 0 Å². The van der Waals surface area contributed by atoms with Crippen LogP contribution in [0.25, 0.3) is 5.82 Å². The molecular formula is C12H14N4O2. The number of nitrogens with two attached hydrogens (primary N) is 1. The predicted molar refractivity (Wildman–Crippen MR) is 65.2 cm³/mol. The van der Waals surface area contributed by atoms with Crippen molar-refractivity contribution in [2.45, 2.75) is 20.5 Å². The Labute approximate surface area is 104 Å². The normalized spacial score (nSPS) is 10.3. The van der Waals surface area contributed by atoms with E-state index in [1.54, 1.807) is 10.9 Å². The fourth-order valence-electron chi connectivity index (χ4n) is 1.64. The van der Waals surface area contributed by atoms with Gasteiger partial charge in [-0.05, 0) is 26.0 Å². The Hall–Kier alpha value is -2.37. The lowest BCUT2D eigenvalue weighted by Crippen LogP contribution is -2.12. The fourth-order valence-corrected chi connectivity index (χ4v) is 1.64. The molecule has 0 aromatic carbocycles. The highest BCUT2D eigenvalue weighted by Crippen LogP contribution is 2.10. The summed E-state index contributed by atoms with van der Waals surface area (Å²) < 4.78 is 6.44. The lowest BCUT2D eigenvalue weighted by Gasteiger charge is -2.05. The molecule has 2 N–H and O–H groups in total. The number of ether oxygens (including phenoxy) is 1. The molecular weight excluding hydrogens is 232 g/mol. The zero-order valence-corrected chi connectivity index (χ0v) is 10.3. The Morgan fingerprint density at radius 1 is 1.44 bits per heavy atom. The van der Waals surface area contributed by atoms with Crippen molar-refractivity contribution in [3.63, 3.8) is 0 Å². The molecule has 2 rings (SSSR count). The first-order chi connectivity index (χ1) is 8.56. The van der Waals surface area contributed by atoms with Gasteiger partial charge in [0.25, 0.3) is 0 Å². The molecule has 2 aromatic rings. The maximum Gasteiger partial charge on any atom is 0.404 e. The number of carbonyl (C=O) groups is 1. The molecule has 6 heteroatoms. The van der Waals surface area contributed by atoms with Crippen LogP contribution in [0.4, 0.5) is 4.79 Å². The van der Waals surface area contributed by atoms with Crippen molar-refractivity contribution in [1.29, 1.82) is 0 Å². The largest absolute Gasteiger partial charge is 0.445 e. The minimum atomic E-state index is -0.794. The molecule has 0 fully saturated rings. The number of nitrogens with zero attached hydrogens (tertiary/aromatic N) is 3. The van der Waals surface area contributed by atoms with Gasteiger partial charge in [-0.25, -0.2) is 14.5 Å². The highest BCUT2D eigenvalue weighted by molar-refractivity contribution is 5.64. The van der Waals surface area contributed by atoms with Crippen molar-refractivity contribution in [3.8, 4) is 5.82 Å². The quantitative estimate of drug-likeness (QED) is 0.889.